The molecule has 0 atom stereocenters. The van der Waals surface area contributed by atoms with Crippen LogP contribution in [-0.2, 0) is 33.8 Å². The first-order valence-corrected chi connectivity index (χ1v) is 15.5. The summed E-state index contributed by atoms with van der Waals surface area (Å²) in [5, 5.41) is 9.07. The SMILES string of the molecule is CCOC(=O)c1c(NC(=O)C(=O)NN=Cc2cc(Br)c(OCc3cccc4ccccc34)c(OCC)c2)sc2c1CCC2. The van der Waals surface area contributed by atoms with Gasteiger partial charge in [-0.25, -0.2) is 10.2 Å². The molecule has 9 nitrogen and oxygen atoms in total. The topological polar surface area (TPSA) is 115 Å². The zero-order valence-corrected chi connectivity index (χ0v) is 26.1. The van der Waals surface area contributed by atoms with Gasteiger partial charge in [0.1, 0.15) is 11.6 Å². The Bertz CT molecular complexity index is 1710. The molecule has 1 aliphatic carbocycles. The molecule has 2 amide bonds. The maximum atomic E-state index is 12.6. The fraction of sp³-hybridized carbons (Fsp3) is 0.250. The summed E-state index contributed by atoms with van der Waals surface area (Å²) in [6, 6.07) is 17.7. The van der Waals surface area contributed by atoms with E-state index in [-0.39, 0.29) is 6.61 Å². The summed E-state index contributed by atoms with van der Waals surface area (Å²) in [6.45, 7) is 4.55. The van der Waals surface area contributed by atoms with E-state index in [0.29, 0.717) is 45.3 Å². The van der Waals surface area contributed by atoms with Gasteiger partial charge in [0.25, 0.3) is 0 Å². The highest BCUT2D eigenvalue weighted by atomic mass is 79.9. The Labute approximate surface area is 261 Å². The van der Waals surface area contributed by atoms with E-state index in [1.165, 1.54) is 17.6 Å². The zero-order chi connectivity index (χ0) is 30.3. The van der Waals surface area contributed by atoms with Crippen LogP contribution in [0.2, 0.25) is 0 Å². The highest BCUT2D eigenvalue weighted by Crippen LogP contribution is 2.40. The third kappa shape index (κ3) is 6.89. The molecule has 1 heterocycles. The number of carbonyl (C=O) groups is 3. The number of aryl methyl sites for hydroxylation is 1. The van der Waals surface area contributed by atoms with Crippen LogP contribution in [0.25, 0.3) is 10.8 Å². The van der Waals surface area contributed by atoms with E-state index in [1.54, 1.807) is 19.1 Å². The highest BCUT2D eigenvalue weighted by molar-refractivity contribution is 9.10. The van der Waals surface area contributed by atoms with Crippen LogP contribution < -0.4 is 20.2 Å². The number of thiophene rings is 1. The second-order valence-corrected chi connectivity index (χ2v) is 11.6. The van der Waals surface area contributed by atoms with Gasteiger partial charge < -0.3 is 19.5 Å². The average Bonchev–Trinajstić information content (AvgIpc) is 3.58. The van der Waals surface area contributed by atoms with Crippen molar-refractivity contribution in [1.29, 1.82) is 0 Å². The molecule has 222 valence electrons. The Balaban J connectivity index is 1.25. The third-order valence-corrected chi connectivity index (χ3v) is 8.59. The molecule has 0 saturated carbocycles. The van der Waals surface area contributed by atoms with Gasteiger partial charge in [0, 0.05) is 4.88 Å². The first-order chi connectivity index (χ1) is 20.9. The molecule has 3 aromatic carbocycles. The number of carbonyl (C=O) groups excluding carboxylic acids is 3. The number of hydrogen-bond donors (Lipinski definition) is 2. The van der Waals surface area contributed by atoms with Crippen LogP contribution in [0.5, 0.6) is 11.5 Å². The predicted octanol–water partition coefficient (Wildman–Crippen LogP) is 6.40. The van der Waals surface area contributed by atoms with Gasteiger partial charge in [-0.3, -0.25) is 9.59 Å². The Morgan fingerprint density at radius 1 is 1.00 bits per heavy atom. The van der Waals surface area contributed by atoms with E-state index in [1.807, 2.05) is 31.2 Å². The third-order valence-electron chi connectivity index (χ3n) is 6.80. The number of esters is 1. The molecule has 0 saturated heterocycles. The minimum Gasteiger partial charge on any atom is -0.490 e. The smallest absolute Gasteiger partial charge is 0.341 e. The summed E-state index contributed by atoms with van der Waals surface area (Å²) in [7, 11) is 0. The van der Waals surface area contributed by atoms with E-state index in [4.69, 9.17) is 14.2 Å². The van der Waals surface area contributed by atoms with Gasteiger partial charge >= 0.3 is 17.8 Å². The monoisotopic (exact) mass is 663 g/mol. The maximum Gasteiger partial charge on any atom is 0.341 e. The van der Waals surface area contributed by atoms with Crippen molar-refractivity contribution in [2.45, 2.75) is 39.7 Å². The number of nitrogens with one attached hydrogen (secondary N) is 2. The molecular formula is C32H30BrN3O6S. The second kappa shape index (κ2) is 13.8. The summed E-state index contributed by atoms with van der Waals surface area (Å²) in [5.74, 6) is -1.37. The summed E-state index contributed by atoms with van der Waals surface area (Å²) >= 11 is 4.86. The van der Waals surface area contributed by atoms with Crippen LogP contribution in [0.15, 0.2) is 64.2 Å². The van der Waals surface area contributed by atoms with Crippen molar-refractivity contribution in [2.24, 2.45) is 5.10 Å². The summed E-state index contributed by atoms with van der Waals surface area (Å²) in [5.41, 5.74) is 5.11. The van der Waals surface area contributed by atoms with Gasteiger partial charge in [-0.15, -0.1) is 11.3 Å². The molecule has 11 heteroatoms. The van der Waals surface area contributed by atoms with Crippen LogP contribution >= 0.6 is 27.3 Å². The van der Waals surface area contributed by atoms with Crippen molar-refractivity contribution in [3.8, 4) is 11.5 Å². The second-order valence-electron chi connectivity index (χ2n) is 9.63. The quantitative estimate of drug-likeness (QED) is 0.0879. The predicted molar refractivity (Wildman–Crippen MR) is 170 cm³/mol. The Morgan fingerprint density at radius 3 is 2.63 bits per heavy atom. The number of rotatable bonds is 10. The Morgan fingerprint density at radius 2 is 1.81 bits per heavy atom. The van der Waals surface area contributed by atoms with Crippen molar-refractivity contribution < 1.29 is 28.6 Å². The lowest BCUT2D eigenvalue weighted by Crippen LogP contribution is -2.32. The average molecular weight is 665 g/mol. The molecule has 0 fully saturated rings. The maximum absolute atomic E-state index is 12.6. The minimum atomic E-state index is -0.973. The molecule has 0 bridgehead atoms. The minimum absolute atomic E-state index is 0.213. The van der Waals surface area contributed by atoms with E-state index in [0.717, 1.165) is 46.0 Å². The molecule has 4 aromatic rings. The highest BCUT2D eigenvalue weighted by Gasteiger charge is 2.29. The lowest BCUT2D eigenvalue weighted by Gasteiger charge is -2.15. The van der Waals surface area contributed by atoms with Crippen LogP contribution in [-0.4, -0.2) is 37.2 Å². The number of halogens is 1. The van der Waals surface area contributed by atoms with E-state index >= 15 is 0 Å². The Kier molecular flexibility index (Phi) is 9.73. The number of anilines is 1. The van der Waals surface area contributed by atoms with Crippen molar-refractivity contribution >= 4 is 67.0 Å². The number of hydrogen-bond acceptors (Lipinski definition) is 8. The van der Waals surface area contributed by atoms with Crippen LogP contribution in [0.3, 0.4) is 0 Å². The molecule has 0 spiro atoms. The molecule has 0 unspecified atom stereocenters. The number of fused-ring (bicyclic) bond motifs is 2. The van der Waals surface area contributed by atoms with Gasteiger partial charge in [-0.2, -0.15) is 5.10 Å². The van der Waals surface area contributed by atoms with Crippen molar-refractivity contribution in [2.75, 3.05) is 18.5 Å². The van der Waals surface area contributed by atoms with Crippen molar-refractivity contribution in [3.05, 3.63) is 86.2 Å². The van der Waals surface area contributed by atoms with E-state index < -0.39 is 17.8 Å². The first-order valence-electron chi connectivity index (χ1n) is 13.9. The van der Waals surface area contributed by atoms with Gasteiger partial charge in [-0.05, 0) is 88.6 Å². The standard InChI is InChI=1S/C32H30BrN3O6S/c1-3-40-25-16-19(15-24(33)28(25)42-18-21-11-7-10-20-9-5-6-12-22(20)21)17-34-36-30(38)29(37)35-31-27(32(39)41-4-2)23-13-8-14-26(23)43-31/h5-7,9-12,15-17H,3-4,8,13-14,18H2,1-2H3,(H,35,37)(H,36,38). The van der Waals surface area contributed by atoms with Crippen LogP contribution in [0.1, 0.15) is 52.2 Å². The van der Waals surface area contributed by atoms with Gasteiger partial charge in [0.2, 0.25) is 0 Å². The number of hydrazone groups is 1. The molecule has 0 aliphatic heterocycles. The molecule has 1 aliphatic rings. The molecule has 2 N–H and O–H groups in total. The fourth-order valence-electron chi connectivity index (χ4n) is 4.92. The summed E-state index contributed by atoms with van der Waals surface area (Å²) in [6.07, 6.45) is 3.90. The van der Waals surface area contributed by atoms with Crippen molar-refractivity contribution in [1.82, 2.24) is 5.43 Å². The molecule has 43 heavy (non-hydrogen) atoms. The number of ether oxygens (including phenoxy) is 3. The molecule has 1 aromatic heterocycles. The molecular weight excluding hydrogens is 634 g/mol. The molecule has 0 radical (unpaired) electrons. The summed E-state index contributed by atoms with van der Waals surface area (Å²) in [4.78, 5) is 38.7. The largest absolute Gasteiger partial charge is 0.490 e. The van der Waals surface area contributed by atoms with E-state index in [9.17, 15) is 14.4 Å². The van der Waals surface area contributed by atoms with Crippen LogP contribution in [0.4, 0.5) is 5.00 Å². The number of amides is 2. The lowest BCUT2D eigenvalue weighted by molar-refractivity contribution is -0.136. The zero-order valence-electron chi connectivity index (χ0n) is 23.7. The normalized spacial score (nSPS) is 12.3. The fourth-order valence-corrected chi connectivity index (χ4v) is 6.77. The summed E-state index contributed by atoms with van der Waals surface area (Å²) < 4.78 is 17.8. The van der Waals surface area contributed by atoms with E-state index in [2.05, 4.69) is 50.0 Å². The Hall–Kier alpha value is -4.22. The van der Waals surface area contributed by atoms with Crippen molar-refractivity contribution in [3.63, 3.8) is 0 Å². The lowest BCUT2D eigenvalue weighted by atomic mass is 10.1. The number of benzene rings is 3. The van der Waals surface area contributed by atoms with Gasteiger partial charge in [-0.1, -0.05) is 42.5 Å². The van der Waals surface area contributed by atoms with Gasteiger partial charge in [0.15, 0.2) is 11.5 Å². The molecule has 5 rings (SSSR count). The first kappa shape index (κ1) is 30.2. The van der Waals surface area contributed by atoms with Crippen LogP contribution in [0, 0.1) is 0 Å². The van der Waals surface area contributed by atoms with Gasteiger partial charge in [0.05, 0.1) is 29.5 Å². The number of nitrogens with zero attached hydrogens (tertiary/aromatic N) is 1.